The Balaban J connectivity index is 4.47. The average Bonchev–Trinajstić information content (AvgIpc) is 2.21. The predicted octanol–water partition coefficient (Wildman–Crippen LogP) is 1.41. The molecule has 1 atom stereocenters. The van der Waals surface area contributed by atoms with Crippen LogP contribution >= 0.6 is 0 Å². The van der Waals surface area contributed by atoms with Gasteiger partial charge in [-0.05, 0) is 32.4 Å². The molecule has 0 rings (SSSR count). The van der Waals surface area contributed by atoms with Crippen LogP contribution < -0.4 is 5.73 Å². The molecule has 0 aromatic rings. The van der Waals surface area contributed by atoms with E-state index in [1.807, 2.05) is 19.0 Å². The van der Waals surface area contributed by atoms with Gasteiger partial charge in [0.1, 0.15) is 0 Å². The van der Waals surface area contributed by atoms with Crippen molar-refractivity contribution in [3.63, 3.8) is 0 Å². The first-order chi connectivity index (χ1) is 8.23. The Bertz CT molecular complexity index is 239. The molecule has 0 bridgehead atoms. The number of carbonyl (C=O) groups excluding carboxylic acids is 1. The van der Waals surface area contributed by atoms with Gasteiger partial charge in [0.25, 0.3) is 0 Å². The summed E-state index contributed by atoms with van der Waals surface area (Å²) >= 11 is 0. The zero-order valence-electron chi connectivity index (χ0n) is 12.9. The van der Waals surface area contributed by atoms with Crippen molar-refractivity contribution < 1.29 is 4.79 Å². The fraction of sp³-hybridized carbons (Fsp3) is 0.929. The van der Waals surface area contributed by atoms with E-state index in [0.717, 1.165) is 26.1 Å². The Morgan fingerprint density at radius 2 is 1.61 bits per heavy atom. The summed E-state index contributed by atoms with van der Waals surface area (Å²) < 4.78 is 0. The molecule has 0 fully saturated rings. The van der Waals surface area contributed by atoms with Crippen LogP contribution in [-0.4, -0.2) is 55.5 Å². The fourth-order valence-corrected chi connectivity index (χ4v) is 1.90. The lowest BCUT2D eigenvalue weighted by molar-refractivity contribution is -0.133. The fourth-order valence-electron chi connectivity index (χ4n) is 1.90. The lowest BCUT2D eigenvalue weighted by Crippen LogP contribution is -2.47. The van der Waals surface area contributed by atoms with Gasteiger partial charge in [0.2, 0.25) is 5.91 Å². The summed E-state index contributed by atoms with van der Waals surface area (Å²) in [5, 5.41) is 0. The molecule has 0 aliphatic heterocycles. The smallest absolute Gasteiger partial charge is 0.239 e. The topological polar surface area (TPSA) is 49.6 Å². The van der Waals surface area contributed by atoms with E-state index >= 15 is 0 Å². The van der Waals surface area contributed by atoms with Crippen molar-refractivity contribution in [3.8, 4) is 0 Å². The number of amides is 1. The van der Waals surface area contributed by atoms with E-state index in [2.05, 4.69) is 32.6 Å². The minimum absolute atomic E-state index is 0.0965. The second-order valence-electron chi connectivity index (χ2n) is 6.22. The van der Waals surface area contributed by atoms with Crippen LogP contribution in [0.2, 0.25) is 0 Å². The monoisotopic (exact) mass is 257 g/mol. The van der Waals surface area contributed by atoms with Crippen LogP contribution in [-0.2, 0) is 4.79 Å². The van der Waals surface area contributed by atoms with Crippen molar-refractivity contribution in [2.75, 3.05) is 33.7 Å². The summed E-state index contributed by atoms with van der Waals surface area (Å²) in [4.78, 5) is 16.3. The molecule has 0 aliphatic carbocycles. The molecular weight excluding hydrogens is 226 g/mol. The van der Waals surface area contributed by atoms with Crippen molar-refractivity contribution in [2.45, 2.75) is 40.2 Å². The van der Waals surface area contributed by atoms with Gasteiger partial charge in [-0.3, -0.25) is 4.79 Å². The minimum atomic E-state index is -0.356. The molecular formula is C14H31N3O. The maximum absolute atomic E-state index is 12.3. The normalized spacial score (nSPS) is 13.4. The van der Waals surface area contributed by atoms with E-state index < -0.39 is 0 Å². The van der Waals surface area contributed by atoms with Crippen LogP contribution in [0.15, 0.2) is 0 Å². The number of rotatable bonds is 8. The van der Waals surface area contributed by atoms with Gasteiger partial charge in [-0.2, -0.15) is 0 Å². The summed E-state index contributed by atoms with van der Waals surface area (Å²) in [7, 11) is 4.04. The van der Waals surface area contributed by atoms with Gasteiger partial charge >= 0.3 is 0 Å². The van der Waals surface area contributed by atoms with Gasteiger partial charge in [0.15, 0.2) is 0 Å². The van der Waals surface area contributed by atoms with Crippen molar-refractivity contribution in [1.29, 1.82) is 0 Å². The summed E-state index contributed by atoms with van der Waals surface area (Å²) in [6, 6.07) is -0.356. The molecule has 0 saturated carbocycles. The first kappa shape index (κ1) is 17.4. The average molecular weight is 257 g/mol. The van der Waals surface area contributed by atoms with Crippen molar-refractivity contribution >= 4 is 5.91 Å². The first-order valence-electron chi connectivity index (χ1n) is 6.93. The summed E-state index contributed by atoms with van der Waals surface area (Å²) in [6.07, 6.45) is 0.759. The van der Waals surface area contributed by atoms with Gasteiger partial charge < -0.3 is 15.5 Å². The molecule has 4 nitrogen and oxygen atoms in total. The van der Waals surface area contributed by atoms with E-state index in [9.17, 15) is 4.79 Å². The zero-order valence-corrected chi connectivity index (χ0v) is 12.9. The minimum Gasteiger partial charge on any atom is -0.340 e. The standard InChI is InChI=1S/C14H31N3O/c1-11(2)9-13(15)14(18)17(10-12(3)4)8-7-16(5)6/h11-13H,7-10,15H2,1-6H3/t13-/m1/s1. The first-order valence-corrected chi connectivity index (χ1v) is 6.93. The van der Waals surface area contributed by atoms with Gasteiger partial charge in [-0.15, -0.1) is 0 Å². The van der Waals surface area contributed by atoms with Crippen LogP contribution in [0.25, 0.3) is 0 Å². The third-order valence-electron chi connectivity index (χ3n) is 2.76. The Labute approximate surface area is 113 Å². The lowest BCUT2D eigenvalue weighted by Gasteiger charge is -2.29. The molecule has 0 unspecified atom stereocenters. The van der Waals surface area contributed by atoms with Crippen molar-refractivity contribution in [1.82, 2.24) is 9.80 Å². The number of carbonyl (C=O) groups is 1. The Morgan fingerprint density at radius 1 is 1.06 bits per heavy atom. The maximum atomic E-state index is 12.3. The number of likely N-dealkylation sites (N-methyl/N-ethyl adjacent to an activating group) is 1. The molecule has 0 heterocycles. The largest absolute Gasteiger partial charge is 0.340 e. The molecule has 0 saturated heterocycles. The lowest BCUT2D eigenvalue weighted by atomic mass is 10.0. The van der Waals surface area contributed by atoms with Gasteiger partial charge in [-0.25, -0.2) is 0 Å². The highest BCUT2D eigenvalue weighted by Gasteiger charge is 2.22. The molecule has 0 radical (unpaired) electrons. The Hall–Kier alpha value is -0.610. The number of hydrogen-bond acceptors (Lipinski definition) is 3. The summed E-state index contributed by atoms with van der Waals surface area (Å²) in [6.45, 7) is 10.9. The highest BCUT2D eigenvalue weighted by atomic mass is 16.2. The third-order valence-corrected chi connectivity index (χ3v) is 2.76. The number of nitrogens with two attached hydrogens (primary N) is 1. The predicted molar refractivity (Wildman–Crippen MR) is 77.4 cm³/mol. The van der Waals surface area contributed by atoms with E-state index in [-0.39, 0.29) is 11.9 Å². The third kappa shape index (κ3) is 7.67. The second kappa shape index (κ2) is 8.48. The van der Waals surface area contributed by atoms with Gasteiger partial charge in [-0.1, -0.05) is 27.7 Å². The molecule has 18 heavy (non-hydrogen) atoms. The highest BCUT2D eigenvalue weighted by molar-refractivity contribution is 5.81. The molecule has 4 heteroatoms. The quantitative estimate of drug-likeness (QED) is 0.715. The van der Waals surface area contributed by atoms with Crippen molar-refractivity contribution in [2.24, 2.45) is 17.6 Å². The molecule has 0 aromatic heterocycles. The van der Waals surface area contributed by atoms with E-state index in [4.69, 9.17) is 5.73 Å². The van der Waals surface area contributed by atoms with Crippen LogP contribution in [0.1, 0.15) is 34.1 Å². The highest BCUT2D eigenvalue weighted by Crippen LogP contribution is 2.08. The molecule has 108 valence electrons. The van der Waals surface area contributed by atoms with Crippen molar-refractivity contribution in [3.05, 3.63) is 0 Å². The number of hydrogen-bond donors (Lipinski definition) is 1. The van der Waals surface area contributed by atoms with Crippen LogP contribution in [0, 0.1) is 11.8 Å². The van der Waals surface area contributed by atoms with E-state index in [1.165, 1.54) is 0 Å². The molecule has 0 aromatic carbocycles. The SMILES string of the molecule is CC(C)C[C@@H](N)C(=O)N(CCN(C)C)CC(C)C. The Kier molecular flexibility index (Phi) is 8.20. The molecule has 2 N–H and O–H groups in total. The second-order valence-corrected chi connectivity index (χ2v) is 6.22. The number of nitrogens with zero attached hydrogens (tertiary/aromatic N) is 2. The van der Waals surface area contributed by atoms with Crippen LogP contribution in [0.4, 0.5) is 0 Å². The summed E-state index contributed by atoms with van der Waals surface area (Å²) in [5.41, 5.74) is 6.00. The summed E-state index contributed by atoms with van der Waals surface area (Å²) in [5.74, 6) is 1.03. The molecule has 1 amide bonds. The maximum Gasteiger partial charge on any atom is 0.239 e. The van der Waals surface area contributed by atoms with Crippen LogP contribution in [0.5, 0.6) is 0 Å². The van der Waals surface area contributed by atoms with Gasteiger partial charge in [0, 0.05) is 19.6 Å². The van der Waals surface area contributed by atoms with E-state index in [1.54, 1.807) is 0 Å². The van der Waals surface area contributed by atoms with E-state index in [0.29, 0.717) is 11.8 Å². The Morgan fingerprint density at radius 3 is 2.00 bits per heavy atom. The van der Waals surface area contributed by atoms with Gasteiger partial charge in [0.05, 0.1) is 6.04 Å². The molecule has 0 aliphatic rings. The molecule has 0 spiro atoms. The van der Waals surface area contributed by atoms with Crippen LogP contribution in [0.3, 0.4) is 0 Å². The zero-order chi connectivity index (χ0) is 14.3.